The van der Waals surface area contributed by atoms with Crippen molar-refractivity contribution in [3.8, 4) is 0 Å². The minimum atomic E-state index is 0. The number of nitrogens with one attached hydrogen (secondary N) is 1. The molecule has 1 aliphatic rings. The molecule has 0 atom stereocenters. The molecular weight excluding hydrogens is 363 g/mol. The summed E-state index contributed by atoms with van der Waals surface area (Å²) in [5.74, 6) is 1.69. The number of nitrogens with two attached hydrogens (primary N) is 1. The normalized spacial score (nSPS) is 20.1. The van der Waals surface area contributed by atoms with Crippen LogP contribution >= 0.6 is 24.0 Å². The second kappa shape index (κ2) is 17.3. The van der Waals surface area contributed by atoms with Gasteiger partial charge in [0.2, 0.25) is 5.91 Å². The summed E-state index contributed by atoms with van der Waals surface area (Å²) in [4.78, 5) is 12.0. The van der Waals surface area contributed by atoms with Crippen molar-refractivity contribution >= 4 is 29.9 Å². The monoisotopic (exact) mass is 398 g/mol. The Labute approximate surface area is 164 Å². The van der Waals surface area contributed by atoms with E-state index in [1.165, 1.54) is 12.8 Å². The van der Waals surface area contributed by atoms with Gasteiger partial charge in [-0.1, -0.05) is 12.8 Å². The molecule has 5 nitrogen and oxygen atoms in total. The highest BCUT2D eigenvalue weighted by Gasteiger charge is 2.25. The van der Waals surface area contributed by atoms with E-state index in [9.17, 15) is 4.79 Å². The molecule has 0 radical (unpaired) electrons. The van der Waals surface area contributed by atoms with Crippen LogP contribution in [0, 0.1) is 11.8 Å². The lowest BCUT2D eigenvalue weighted by atomic mass is 9.81. The lowest BCUT2D eigenvalue weighted by Crippen LogP contribution is -2.36. The molecular formula is C18H36Cl2N2O3. The summed E-state index contributed by atoms with van der Waals surface area (Å²) >= 11 is 5.62. The number of alkyl halides is 1. The molecule has 25 heavy (non-hydrogen) atoms. The Morgan fingerprint density at radius 2 is 1.60 bits per heavy atom. The predicted octanol–water partition coefficient (Wildman–Crippen LogP) is 3.12. The molecule has 0 heterocycles. The second-order valence-electron chi connectivity index (χ2n) is 6.57. The summed E-state index contributed by atoms with van der Waals surface area (Å²) in [6.45, 7) is 3.86. The first-order chi connectivity index (χ1) is 11.8. The summed E-state index contributed by atoms with van der Waals surface area (Å²) in [6, 6.07) is 0. The average molecular weight is 399 g/mol. The molecule has 0 spiro atoms. The zero-order valence-electron chi connectivity index (χ0n) is 15.3. The van der Waals surface area contributed by atoms with Gasteiger partial charge in [0.1, 0.15) is 0 Å². The van der Waals surface area contributed by atoms with Crippen molar-refractivity contribution in [1.82, 2.24) is 5.32 Å². The molecule has 1 rings (SSSR count). The lowest BCUT2D eigenvalue weighted by Gasteiger charge is -2.26. The van der Waals surface area contributed by atoms with Gasteiger partial charge in [0.05, 0.1) is 19.8 Å². The molecule has 0 aromatic rings. The number of halogens is 2. The van der Waals surface area contributed by atoms with Gasteiger partial charge in [-0.05, 0) is 51.0 Å². The molecule has 150 valence electrons. The number of amides is 1. The van der Waals surface area contributed by atoms with Crippen LogP contribution in [0.25, 0.3) is 0 Å². The quantitative estimate of drug-likeness (QED) is 0.348. The van der Waals surface area contributed by atoms with Crippen LogP contribution in [0.2, 0.25) is 0 Å². The summed E-state index contributed by atoms with van der Waals surface area (Å²) in [5, 5.41) is 2.97. The van der Waals surface area contributed by atoms with E-state index in [4.69, 9.17) is 26.8 Å². The number of ether oxygens (including phenoxy) is 2. The van der Waals surface area contributed by atoms with Crippen molar-refractivity contribution in [3.63, 3.8) is 0 Å². The molecule has 0 aliphatic heterocycles. The summed E-state index contributed by atoms with van der Waals surface area (Å²) < 4.78 is 11.0. The molecule has 0 aromatic heterocycles. The van der Waals surface area contributed by atoms with E-state index in [1.807, 2.05) is 0 Å². The van der Waals surface area contributed by atoms with Gasteiger partial charge in [-0.15, -0.1) is 24.0 Å². The van der Waals surface area contributed by atoms with Crippen LogP contribution in [-0.4, -0.2) is 51.3 Å². The summed E-state index contributed by atoms with van der Waals surface area (Å²) in [7, 11) is 0. The largest absolute Gasteiger partial charge is 0.379 e. The van der Waals surface area contributed by atoms with Crippen LogP contribution in [0.4, 0.5) is 0 Å². The molecule has 0 aromatic carbocycles. The first kappa shape index (κ1) is 24.9. The maximum Gasteiger partial charge on any atom is 0.223 e. The minimum Gasteiger partial charge on any atom is -0.379 e. The van der Waals surface area contributed by atoms with Gasteiger partial charge in [-0.25, -0.2) is 0 Å². The van der Waals surface area contributed by atoms with E-state index in [0.29, 0.717) is 32.3 Å². The Bertz CT molecular complexity index is 315. The van der Waals surface area contributed by atoms with Gasteiger partial charge in [0, 0.05) is 24.9 Å². The van der Waals surface area contributed by atoms with Crippen molar-refractivity contribution in [2.24, 2.45) is 17.6 Å². The zero-order chi connectivity index (χ0) is 17.5. The Morgan fingerprint density at radius 3 is 2.24 bits per heavy atom. The molecule has 3 N–H and O–H groups in total. The third kappa shape index (κ3) is 12.8. The molecule has 1 amide bonds. The van der Waals surface area contributed by atoms with E-state index in [0.717, 1.165) is 57.6 Å². The first-order valence-electron chi connectivity index (χ1n) is 9.47. The molecule has 0 bridgehead atoms. The number of hydrogen-bond donors (Lipinski definition) is 2. The topological polar surface area (TPSA) is 73.6 Å². The molecule has 0 saturated heterocycles. The second-order valence-corrected chi connectivity index (χ2v) is 6.95. The molecule has 1 fully saturated rings. The van der Waals surface area contributed by atoms with Crippen molar-refractivity contribution in [2.45, 2.75) is 51.4 Å². The van der Waals surface area contributed by atoms with E-state index in [2.05, 4.69) is 5.32 Å². The van der Waals surface area contributed by atoms with Crippen molar-refractivity contribution in [2.75, 3.05) is 45.4 Å². The highest BCUT2D eigenvalue weighted by molar-refractivity contribution is 6.17. The predicted molar refractivity (Wildman–Crippen MR) is 106 cm³/mol. The number of carbonyl (C=O) groups excluding carboxylic acids is 1. The first-order valence-corrected chi connectivity index (χ1v) is 10.0. The number of hydrogen-bond acceptors (Lipinski definition) is 4. The third-order valence-electron chi connectivity index (χ3n) is 4.64. The fourth-order valence-electron chi connectivity index (χ4n) is 3.03. The third-order valence-corrected chi connectivity index (χ3v) is 4.91. The minimum absolute atomic E-state index is 0. The molecule has 1 aliphatic carbocycles. The lowest BCUT2D eigenvalue weighted by molar-refractivity contribution is -0.126. The highest BCUT2D eigenvalue weighted by atomic mass is 35.5. The van der Waals surface area contributed by atoms with Gasteiger partial charge < -0.3 is 20.5 Å². The van der Waals surface area contributed by atoms with Crippen LogP contribution in [0.15, 0.2) is 0 Å². The van der Waals surface area contributed by atoms with Crippen LogP contribution in [0.3, 0.4) is 0 Å². The highest BCUT2D eigenvalue weighted by Crippen LogP contribution is 2.27. The fourth-order valence-corrected chi connectivity index (χ4v) is 3.21. The van der Waals surface area contributed by atoms with Crippen LogP contribution in [0.1, 0.15) is 51.4 Å². The van der Waals surface area contributed by atoms with E-state index < -0.39 is 0 Å². The standard InChI is InChI=1S/C18H35ClN2O3.ClH/c19-9-3-1-2-4-11-23-13-14-24-12-10-21-18(22)17-7-5-16(15-20)6-8-17;/h16-17H,1-15,20H2,(H,21,22);1H. The van der Waals surface area contributed by atoms with Gasteiger partial charge >= 0.3 is 0 Å². The van der Waals surface area contributed by atoms with Crippen LogP contribution < -0.4 is 11.1 Å². The Hall–Kier alpha value is -0.0700. The number of carbonyl (C=O) groups is 1. The Kier molecular flexibility index (Phi) is 17.3. The van der Waals surface area contributed by atoms with Gasteiger partial charge in [-0.3, -0.25) is 4.79 Å². The van der Waals surface area contributed by atoms with Crippen molar-refractivity contribution in [1.29, 1.82) is 0 Å². The van der Waals surface area contributed by atoms with E-state index >= 15 is 0 Å². The average Bonchev–Trinajstić information content (AvgIpc) is 2.62. The van der Waals surface area contributed by atoms with Crippen molar-refractivity contribution in [3.05, 3.63) is 0 Å². The number of rotatable bonds is 14. The van der Waals surface area contributed by atoms with E-state index in [-0.39, 0.29) is 24.2 Å². The molecule has 7 heteroatoms. The summed E-state index contributed by atoms with van der Waals surface area (Å²) in [6.07, 6.45) is 8.61. The van der Waals surface area contributed by atoms with E-state index in [1.54, 1.807) is 0 Å². The zero-order valence-corrected chi connectivity index (χ0v) is 16.9. The molecule has 0 unspecified atom stereocenters. The summed E-state index contributed by atoms with van der Waals surface area (Å²) in [5.41, 5.74) is 5.68. The molecule has 1 saturated carbocycles. The maximum atomic E-state index is 12.0. The van der Waals surface area contributed by atoms with Crippen LogP contribution in [0.5, 0.6) is 0 Å². The van der Waals surface area contributed by atoms with Crippen molar-refractivity contribution < 1.29 is 14.3 Å². The SMILES string of the molecule is Cl.NCC1CCC(C(=O)NCCOCCOCCCCCCCl)CC1. The fraction of sp³-hybridized carbons (Fsp3) is 0.944. The van der Waals surface area contributed by atoms with Gasteiger partial charge in [0.15, 0.2) is 0 Å². The van der Waals surface area contributed by atoms with Crippen LogP contribution in [-0.2, 0) is 14.3 Å². The smallest absolute Gasteiger partial charge is 0.223 e. The Morgan fingerprint density at radius 1 is 0.960 bits per heavy atom. The number of unbranched alkanes of at least 4 members (excludes halogenated alkanes) is 3. The maximum absolute atomic E-state index is 12.0. The van der Waals surface area contributed by atoms with Gasteiger partial charge in [-0.2, -0.15) is 0 Å². The Balaban J connectivity index is 0.00000576. The van der Waals surface area contributed by atoms with Gasteiger partial charge in [0.25, 0.3) is 0 Å².